The van der Waals surface area contributed by atoms with E-state index in [4.69, 9.17) is 9.26 Å². The number of hydrogen-bond acceptors (Lipinski definition) is 6. The lowest BCUT2D eigenvalue weighted by molar-refractivity contribution is -0.137. The van der Waals surface area contributed by atoms with Crippen molar-refractivity contribution in [3.63, 3.8) is 0 Å². The van der Waals surface area contributed by atoms with Crippen molar-refractivity contribution in [2.75, 3.05) is 5.32 Å². The minimum Gasteiger partial charge on any atom is -0.393 e. The fraction of sp³-hybridized carbons (Fsp3) is 0.161. The van der Waals surface area contributed by atoms with Crippen molar-refractivity contribution in [1.29, 1.82) is 0 Å². The third kappa shape index (κ3) is 7.28. The molecule has 3 aromatic carbocycles. The van der Waals surface area contributed by atoms with Gasteiger partial charge in [-0.3, -0.25) is 4.79 Å². The molecule has 0 atom stereocenters. The van der Waals surface area contributed by atoms with Gasteiger partial charge in [0, 0.05) is 31.4 Å². The maximum absolute atomic E-state index is 13.1. The molecule has 43 heavy (non-hydrogen) atoms. The van der Waals surface area contributed by atoms with Crippen LogP contribution in [0.1, 0.15) is 38.8 Å². The second-order valence-electron chi connectivity index (χ2n) is 9.72. The number of carbonyl (C=O) groups excluding carboxylic acids is 2. The molecular formula is C31H26F3N5O4. The van der Waals surface area contributed by atoms with Crippen LogP contribution in [0.2, 0.25) is 0 Å². The molecule has 2 amide bonds. The van der Waals surface area contributed by atoms with E-state index in [-0.39, 0.29) is 18.0 Å². The fourth-order valence-electron chi connectivity index (χ4n) is 4.35. The number of hydrogen-bond donors (Lipinski definition) is 2. The SMILES string of the molecule is Cc1noc(Cc2ccc(CNC(=O)Oc3cc(NC(=O)c4ccccc4-c4ccc(C(F)(F)F)cc4)cn3C)cc2)n1. The highest BCUT2D eigenvalue weighted by molar-refractivity contribution is 6.08. The molecule has 5 aromatic rings. The lowest BCUT2D eigenvalue weighted by atomic mass is 9.98. The number of amides is 2. The van der Waals surface area contributed by atoms with Crippen LogP contribution in [0, 0.1) is 6.92 Å². The van der Waals surface area contributed by atoms with Gasteiger partial charge in [0.2, 0.25) is 11.8 Å². The summed E-state index contributed by atoms with van der Waals surface area (Å²) in [6.07, 6.45) is -3.06. The fourth-order valence-corrected chi connectivity index (χ4v) is 4.35. The minimum absolute atomic E-state index is 0.189. The van der Waals surface area contributed by atoms with Gasteiger partial charge >= 0.3 is 12.3 Å². The summed E-state index contributed by atoms with van der Waals surface area (Å²) in [5, 5.41) is 9.22. The zero-order valence-corrected chi connectivity index (χ0v) is 23.1. The first-order valence-corrected chi connectivity index (χ1v) is 13.1. The third-order valence-electron chi connectivity index (χ3n) is 6.49. The first kappa shape index (κ1) is 29.1. The number of aryl methyl sites for hydroxylation is 2. The summed E-state index contributed by atoms with van der Waals surface area (Å²) < 4.78 is 51.0. The van der Waals surface area contributed by atoms with Gasteiger partial charge in [0.15, 0.2) is 5.82 Å². The van der Waals surface area contributed by atoms with Crippen LogP contribution in [0.4, 0.5) is 23.7 Å². The number of anilines is 1. The molecule has 2 aromatic heterocycles. The lowest BCUT2D eigenvalue weighted by Crippen LogP contribution is -2.26. The molecule has 0 aliphatic rings. The number of ether oxygens (including phenoxy) is 1. The van der Waals surface area contributed by atoms with Gasteiger partial charge in [0.25, 0.3) is 5.91 Å². The molecule has 5 rings (SSSR count). The number of aromatic nitrogens is 3. The first-order chi connectivity index (χ1) is 20.5. The summed E-state index contributed by atoms with van der Waals surface area (Å²) in [4.78, 5) is 29.8. The Labute approximate surface area is 244 Å². The van der Waals surface area contributed by atoms with Crippen LogP contribution < -0.4 is 15.4 Å². The van der Waals surface area contributed by atoms with Crippen LogP contribution in [0.5, 0.6) is 5.88 Å². The normalized spacial score (nSPS) is 11.3. The van der Waals surface area contributed by atoms with E-state index < -0.39 is 23.7 Å². The van der Waals surface area contributed by atoms with E-state index >= 15 is 0 Å². The van der Waals surface area contributed by atoms with Crippen LogP contribution in [0.25, 0.3) is 11.1 Å². The zero-order valence-electron chi connectivity index (χ0n) is 23.1. The molecule has 0 bridgehead atoms. The van der Waals surface area contributed by atoms with Crippen molar-refractivity contribution < 1.29 is 32.0 Å². The Bertz CT molecular complexity index is 1740. The maximum Gasteiger partial charge on any atom is 0.416 e. The molecule has 0 unspecified atom stereocenters. The van der Waals surface area contributed by atoms with Gasteiger partial charge in [-0.15, -0.1) is 0 Å². The molecule has 220 valence electrons. The molecule has 0 saturated carbocycles. The molecule has 0 spiro atoms. The second kappa shape index (κ2) is 12.2. The Morgan fingerprint density at radius 1 is 0.977 bits per heavy atom. The topological polar surface area (TPSA) is 111 Å². The molecule has 12 heteroatoms. The number of rotatable bonds is 8. The standard InChI is InChI=1S/C31H26F3N5O4/c1-19-36-27(43-38-19)15-20-7-9-21(10-8-20)17-35-30(41)42-28-16-24(18-39(28)2)37-29(40)26-6-4-3-5-25(26)22-11-13-23(14-12-22)31(32,33)34/h3-14,16,18H,15,17H2,1-2H3,(H,35,41)(H,37,40). The van der Waals surface area contributed by atoms with Crippen molar-refractivity contribution in [3.05, 3.63) is 119 Å². The number of alkyl halides is 3. The smallest absolute Gasteiger partial charge is 0.393 e. The molecule has 0 radical (unpaired) electrons. The van der Waals surface area contributed by atoms with E-state index in [9.17, 15) is 22.8 Å². The van der Waals surface area contributed by atoms with E-state index in [1.165, 1.54) is 22.8 Å². The van der Waals surface area contributed by atoms with Crippen LogP contribution in [0.15, 0.2) is 89.6 Å². The summed E-state index contributed by atoms with van der Waals surface area (Å²) >= 11 is 0. The van der Waals surface area contributed by atoms with E-state index in [0.717, 1.165) is 23.3 Å². The van der Waals surface area contributed by atoms with Gasteiger partial charge in [-0.05, 0) is 47.4 Å². The Morgan fingerprint density at radius 3 is 2.35 bits per heavy atom. The van der Waals surface area contributed by atoms with Crippen LogP contribution in [0.3, 0.4) is 0 Å². The monoisotopic (exact) mass is 589 g/mol. The highest BCUT2D eigenvalue weighted by Gasteiger charge is 2.30. The van der Waals surface area contributed by atoms with E-state index in [0.29, 0.717) is 35.0 Å². The van der Waals surface area contributed by atoms with Crippen molar-refractivity contribution in [2.45, 2.75) is 26.1 Å². The first-order valence-electron chi connectivity index (χ1n) is 13.1. The number of nitrogens with zero attached hydrogens (tertiary/aromatic N) is 3. The lowest BCUT2D eigenvalue weighted by Gasteiger charge is -2.11. The van der Waals surface area contributed by atoms with Gasteiger partial charge < -0.3 is 24.5 Å². The van der Waals surface area contributed by atoms with Gasteiger partial charge in [-0.1, -0.05) is 59.8 Å². The Balaban J connectivity index is 1.18. The number of carbonyl (C=O) groups is 2. The molecule has 9 nitrogen and oxygen atoms in total. The Morgan fingerprint density at radius 2 is 1.67 bits per heavy atom. The molecule has 2 N–H and O–H groups in total. The molecule has 0 aliphatic carbocycles. The van der Waals surface area contributed by atoms with Gasteiger partial charge in [-0.2, -0.15) is 18.2 Å². The maximum atomic E-state index is 13.1. The van der Waals surface area contributed by atoms with Crippen molar-refractivity contribution >= 4 is 17.7 Å². The molecule has 0 saturated heterocycles. The van der Waals surface area contributed by atoms with Crippen LogP contribution in [-0.2, 0) is 26.2 Å². The molecular weight excluding hydrogens is 563 g/mol. The molecule has 0 fully saturated rings. The van der Waals surface area contributed by atoms with Crippen LogP contribution in [-0.4, -0.2) is 26.7 Å². The summed E-state index contributed by atoms with van der Waals surface area (Å²) in [5.74, 6) is 0.807. The summed E-state index contributed by atoms with van der Waals surface area (Å²) in [7, 11) is 1.65. The second-order valence-corrected chi connectivity index (χ2v) is 9.72. The van der Waals surface area contributed by atoms with E-state index in [1.54, 1.807) is 44.4 Å². The van der Waals surface area contributed by atoms with Crippen molar-refractivity contribution in [1.82, 2.24) is 20.0 Å². The largest absolute Gasteiger partial charge is 0.416 e. The van der Waals surface area contributed by atoms with Crippen LogP contribution >= 0.6 is 0 Å². The quantitative estimate of drug-likeness (QED) is 0.213. The Kier molecular flexibility index (Phi) is 8.28. The van der Waals surface area contributed by atoms with E-state index in [1.807, 2.05) is 24.3 Å². The zero-order chi connectivity index (χ0) is 30.6. The molecule has 2 heterocycles. The number of benzene rings is 3. The Hall–Kier alpha value is -5.39. The summed E-state index contributed by atoms with van der Waals surface area (Å²) in [6.45, 7) is 1.98. The minimum atomic E-state index is -4.46. The predicted molar refractivity (Wildman–Crippen MR) is 151 cm³/mol. The predicted octanol–water partition coefficient (Wildman–Crippen LogP) is 6.53. The third-order valence-corrected chi connectivity index (χ3v) is 6.49. The van der Waals surface area contributed by atoms with Crippen molar-refractivity contribution in [3.8, 4) is 17.0 Å². The summed E-state index contributed by atoms with van der Waals surface area (Å²) in [5.41, 5.74) is 2.63. The van der Waals surface area contributed by atoms with Gasteiger partial charge in [0.05, 0.1) is 17.7 Å². The molecule has 0 aliphatic heterocycles. The van der Waals surface area contributed by atoms with Gasteiger partial charge in [0.1, 0.15) is 0 Å². The number of nitrogens with one attached hydrogen (secondary N) is 2. The van der Waals surface area contributed by atoms with E-state index in [2.05, 4.69) is 20.8 Å². The highest BCUT2D eigenvalue weighted by Crippen LogP contribution is 2.32. The highest BCUT2D eigenvalue weighted by atomic mass is 19.4. The number of halogens is 3. The average Bonchev–Trinajstić information content (AvgIpc) is 3.55. The summed E-state index contributed by atoms with van der Waals surface area (Å²) in [6, 6.07) is 20.2. The van der Waals surface area contributed by atoms with Crippen molar-refractivity contribution in [2.24, 2.45) is 7.05 Å². The average molecular weight is 590 g/mol. The van der Waals surface area contributed by atoms with Gasteiger partial charge in [-0.25, -0.2) is 4.79 Å².